The molecule has 0 radical (unpaired) electrons. The quantitative estimate of drug-likeness (QED) is 0.705. The summed E-state index contributed by atoms with van der Waals surface area (Å²) in [7, 11) is 0. The third-order valence-corrected chi connectivity index (χ3v) is 0.667. The predicted octanol–water partition coefficient (Wildman–Crippen LogP) is -0.0588. The van der Waals surface area contributed by atoms with Crippen LogP contribution in [0.5, 0.6) is 0 Å². The van der Waals surface area contributed by atoms with Gasteiger partial charge in [-0.15, -0.1) is 0 Å². The van der Waals surface area contributed by atoms with Crippen LogP contribution in [0.4, 0.5) is 0 Å². The molecule has 0 bridgehead atoms. The van der Waals surface area contributed by atoms with Crippen LogP contribution in [0.15, 0.2) is 0 Å². The molecule has 0 aromatic rings. The van der Waals surface area contributed by atoms with Crippen molar-refractivity contribution in [2.24, 2.45) is 0 Å². The van der Waals surface area contributed by atoms with Crippen molar-refractivity contribution in [1.82, 2.24) is 5.32 Å². The van der Waals surface area contributed by atoms with E-state index in [1.807, 2.05) is 0 Å². The van der Waals surface area contributed by atoms with Crippen LogP contribution in [0.25, 0.3) is 0 Å². The van der Waals surface area contributed by atoms with Gasteiger partial charge in [-0.25, -0.2) is 0 Å². The van der Waals surface area contributed by atoms with E-state index in [0.717, 1.165) is 0 Å². The van der Waals surface area contributed by atoms with Crippen molar-refractivity contribution in [2.75, 3.05) is 0 Å². The summed E-state index contributed by atoms with van der Waals surface area (Å²) in [6, 6.07) is 1.25. The summed E-state index contributed by atoms with van der Waals surface area (Å²) in [5.41, 5.74) is 0. The summed E-state index contributed by atoms with van der Waals surface area (Å²) in [4.78, 5) is 0. The fourth-order valence-electron chi connectivity index (χ4n) is 0.667. The van der Waals surface area contributed by atoms with Crippen LogP contribution in [0.1, 0.15) is 27.7 Å². The van der Waals surface area contributed by atoms with Gasteiger partial charge in [-0.1, -0.05) is 27.7 Å². The molecule has 0 fully saturated rings. The maximum absolute atomic E-state index is 3.31. The number of hydrogen-bond acceptors (Lipinski definition) is 1. The molecule has 0 rings (SSSR count). The molecule has 0 aliphatic rings. The van der Waals surface area contributed by atoms with E-state index in [9.17, 15) is 0 Å². The predicted molar refractivity (Wildman–Crippen MR) is 44.7 cm³/mol. The number of nitrogens with one attached hydrogen (secondary N) is 1. The Morgan fingerprint density at radius 2 is 1.12 bits per heavy atom. The van der Waals surface area contributed by atoms with E-state index in [1.165, 1.54) is 0 Å². The monoisotopic (exact) mass is 313 g/mol. The molecule has 0 spiro atoms. The number of hydrogen-bond donors (Lipinski definition) is 1. The third-order valence-electron chi connectivity index (χ3n) is 0.667. The second-order valence-corrected chi connectivity index (χ2v) is 2.48. The molecule has 0 saturated heterocycles. The fraction of sp³-hybridized carbons (Fsp3) is 1.00. The van der Waals surface area contributed by atoms with E-state index in [-0.39, 0.29) is 27.3 Å². The Hall–Kier alpha value is 0.882. The van der Waals surface area contributed by atoms with Crippen LogP contribution in [-0.2, 0) is 0 Å². The first-order chi connectivity index (χ1) is 3.13. The molecule has 0 aromatic carbocycles. The molecule has 0 atom stereocenters. The van der Waals surface area contributed by atoms with Gasteiger partial charge < -0.3 is 5.32 Å². The van der Waals surface area contributed by atoms with Crippen molar-refractivity contribution in [1.29, 1.82) is 0 Å². The molecule has 0 aliphatic carbocycles. The minimum absolute atomic E-state index is 0. The molecule has 1 N–H and O–H groups in total. The van der Waals surface area contributed by atoms with Crippen LogP contribution in [0.3, 0.4) is 0 Å². The molecule has 0 heterocycles. The van der Waals surface area contributed by atoms with Crippen molar-refractivity contribution >= 4 is 27.3 Å². The molecule has 0 saturated carbocycles. The summed E-state index contributed by atoms with van der Waals surface area (Å²) in [6.07, 6.45) is 0. The summed E-state index contributed by atoms with van der Waals surface area (Å²) < 4.78 is 0. The van der Waals surface area contributed by atoms with E-state index in [4.69, 9.17) is 0 Å². The standard InChI is InChI=1S/C6H15N.Pb.4H/c1-5(2)7-6(3)4;;;;;/h5-7H,1-4H3;;;;;. The third kappa shape index (κ3) is 9.99. The van der Waals surface area contributed by atoms with E-state index >= 15 is 0 Å². The molecule has 0 aliphatic heterocycles. The first-order valence-corrected chi connectivity index (χ1v) is 2.89. The molecule has 0 unspecified atom stereocenters. The second kappa shape index (κ2) is 6.01. The summed E-state index contributed by atoms with van der Waals surface area (Å²) in [6.45, 7) is 8.61. The average molecular weight is 312 g/mol. The molecular formula is C6H19NPb. The van der Waals surface area contributed by atoms with Gasteiger partial charge in [-0.3, -0.25) is 0 Å². The Bertz CT molecular complexity index is 37.8. The van der Waals surface area contributed by atoms with E-state index in [0.29, 0.717) is 12.1 Å². The van der Waals surface area contributed by atoms with Crippen LogP contribution in [-0.4, -0.2) is 39.4 Å². The average Bonchev–Trinajstić information content (AvgIpc) is 1.27. The Balaban J connectivity index is 0. The van der Waals surface area contributed by atoms with Crippen molar-refractivity contribution in [3.63, 3.8) is 0 Å². The van der Waals surface area contributed by atoms with Gasteiger partial charge in [0, 0.05) is 12.1 Å². The van der Waals surface area contributed by atoms with Gasteiger partial charge in [0.15, 0.2) is 0 Å². The van der Waals surface area contributed by atoms with Crippen LogP contribution in [0, 0.1) is 0 Å². The topological polar surface area (TPSA) is 12.0 Å². The van der Waals surface area contributed by atoms with E-state index in [1.54, 1.807) is 0 Å². The van der Waals surface area contributed by atoms with Crippen molar-refractivity contribution in [3.8, 4) is 0 Å². The second-order valence-electron chi connectivity index (χ2n) is 2.48. The van der Waals surface area contributed by atoms with E-state index in [2.05, 4.69) is 33.0 Å². The molecular weight excluding hydrogens is 293 g/mol. The van der Waals surface area contributed by atoms with Crippen molar-refractivity contribution in [3.05, 3.63) is 0 Å². The summed E-state index contributed by atoms with van der Waals surface area (Å²) in [5.74, 6) is 0. The number of rotatable bonds is 2. The molecule has 8 heavy (non-hydrogen) atoms. The minimum atomic E-state index is 0. The van der Waals surface area contributed by atoms with E-state index < -0.39 is 0 Å². The SMILES string of the molecule is CC(C)NC(C)C.[PbH4]. The Morgan fingerprint density at radius 1 is 0.875 bits per heavy atom. The van der Waals surface area contributed by atoms with Gasteiger partial charge in [-0.05, 0) is 0 Å². The molecule has 0 amide bonds. The zero-order chi connectivity index (χ0) is 5.86. The fourth-order valence-corrected chi connectivity index (χ4v) is 0.667. The zero-order valence-corrected chi connectivity index (χ0v) is 5.65. The van der Waals surface area contributed by atoms with Crippen molar-refractivity contribution in [2.45, 2.75) is 39.8 Å². The van der Waals surface area contributed by atoms with Gasteiger partial charge in [0.25, 0.3) is 0 Å². The zero-order valence-electron chi connectivity index (χ0n) is 5.65. The first-order valence-electron chi connectivity index (χ1n) is 2.89. The Kier molecular flexibility index (Phi) is 8.75. The summed E-state index contributed by atoms with van der Waals surface area (Å²) >= 11 is 0. The molecule has 52 valence electrons. The van der Waals surface area contributed by atoms with Gasteiger partial charge in [0.05, 0.1) is 0 Å². The van der Waals surface area contributed by atoms with Crippen LogP contribution >= 0.6 is 0 Å². The van der Waals surface area contributed by atoms with Gasteiger partial charge in [0.2, 0.25) is 0 Å². The van der Waals surface area contributed by atoms with Gasteiger partial charge in [-0.2, -0.15) is 0 Å². The normalized spacial score (nSPS) is 9.75. The maximum atomic E-state index is 3.31. The first kappa shape index (κ1) is 11.7. The molecule has 0 aromatic heterocycles. The molecule has 1 nitrogen and oxygen atoms in total. The van der Waals surface area contributed by atoms with Crippen molar-refractivity contribution < 1.29 is 0 Å². The molecule has 2 heteroatoms. The van der Waals surface area contributed by atoms with Crippen LogP contribution in [0.2, 0.25) is 0 Å². The Labute approximate surface area is 72.4 Å². The van der Waals surface area contributed by atoms with Gasteiger partial charge in [0.1, 0.15) is 0 Å². The van der Waals surface area contributed by atoms with Gasteiger partial charge >= 0.3 is 27.3 Å². The Morgan fingerprint density at radius 3 is 1.12 bits per heavy atom. The summed E-state index contributed by atoms with van der Waals surface area (Å²) in [5, 5.41) is 3.31. The van der Waals surface area contributed by atoms with Crippen LogP contribution < -0.4 is 5.32 Å².